The molecule has 0 spiro atoms. The molecule has 0 aliphatic carbocycles. The van der Waals surface area contributed by atoms with Crippen LogP contribution in [0.1, 0.15) is 256 Å². The van der Waals surface area contributed by atoms with Crippen molar-refractivity contribution in [1.29, 1.82) is 0 Å². The van der Waals surface area contributed by atoms with Gasteiger partial charge in [0.1, 0.15) is 19.0 Å². The fourth-order valence-electron chi connectivity index (χ4n) is 15.1. The number of imide groups is 2. The molecule has 770 valence electrons. The molecule has 2 unspecified atom stereocenters. The number of hydrogen-bond donors (Lipinski definition) is 15. The number of nitrogens with zero attached hydrogens (tertiary/aromatic N) is 2. The Morgan fingerprint density at radius 2 is 0.679 bits per heavy atom. The second-order valence-electron chi connectivity index (χ2n) is 35.2. The minimum absolute atomic E-state index is 0.0124. The second-order valence-corrected chi connectivity index (χ2v) is 37.3. The highest BCUT2D eigenvalue weighted by atomic mass is 32.2. The molecule has 2 fully saturated rings. The van der Waals surface area contributed by atoms with Crippen molar-refractivity contribution < 1.29 is 105 Å². The summed E-state index contributed by atoms with van der Waals surface area (Å²) < 4.78 is 9.94. The number of primary amides is 4. The highest BCUT2D eigenvalue weighted by Crippen LogP contribution is 2.28. The van der Waals surface area contributed by atoms with Crippen LogP contribution in [0.15, 0.2) is 48.5 Å². The van der Waals surface area contributed by atoms with Crippen molar-refractivity contribution in [2.75, 3.05) is 82.0 Å². The molecule has 2 saturated heterocycles. The van der Waals surface area contributed by atoms with Crippen LogP contribution in [-0.2, 0) is 99.4 Å². The minimum Gasteiger partial charge on any atom is -0.461 e. The average molecular weight is 1970 g/mol. The third kappa shape index (κ3) is 52.4. The lowest BCUT2D eigenvalue weighted by Crippen LogP contribution is -2.46. The van der Waals surface area contributed by atoms with Crippen LogP contribution in [0.3, 0.4) is 0 Å². The van der Waals surface area contributed by atoms with Gasteiger partial charge in [-0.05, 0) is 169 Å². The summed E-state index contributed by atoms with van der Waals surface area (Å²) in [7, 11) is 0. The third-order valence-electron chi connectivity index (χ3n) is 22.6. The number of unbranched alkanes of at least 4 members (excludes halogenated alkanes) is 4. The number of likely N-dealkylation sites (N-methyl/N-ethyl adjacent to an activating group) is 2. The van der Waals surface area contributed by atoms with Gasteiger partial charge < -0.3 is 90.9 Å². The van der Waals surface area contributed by atoms with Crippen molar-refractivity contribution in [2.24, 2.45) is 70.3 Å². The summed E-state index contributed by atoms with van der Waals surface area (Å²) >= 11 is 2.76. The van der Waals surface area contributed by atoms with Crippen LogP contribution in [0.25, 0.3) is 0 Å². The maximum absolute atomic E-state index is 13.4. The first-order valence-electron chi connectivity index (χ1n) is 47.7. The van der Waals surface area contributed by atoms with E-state index in [1.807, 2.05) is 88.7 Å². The van der Waals surface area contributed by atoms with Gasteiger partial charge in [0.05, 0.1) is 34.7 Å². The monoisotopic (exact) mass is 1960 g/mol. The predicted molar refractivity (Wildman–Crippen MR) is 527 cm³/mol. The number of nitrogens with one attached hydrogen (secondary N) is 11. The van der Waals surface area contributed by atoms with Crippen LogP contribution in [-0.4, -0.2) is 234 Å². The van der Waals surface area contributed by atoms with Crippen molar-refractivity contribution in [3.05, 3.63) is 59.7 Å². The Labute approximate surface area is 816 Å². The first kappa shape index (κ1) is 124. The Balaban J connectivity index is 0.000000941. The van der Waals surface area contributed by atoms with Crippen LogP contribution >= 0.6 is 23.5 Å². The van der Waals surface area contributed by atoms with Crippen LogP contribution < -0.4 is 81.4 Å². The third-order valence-corrected chi connectivity index (χ3v) is 24.5. The van der Waals surface area contributed by atoms with Gasteiger partial charge in [-0.15, -0.1) is 0 Å². The van der Waals surface area contributed by atoms with Crippen molar-refractivity contribution >= 4 is 153 Å². The number of hydrogen-bond acceptors (Lipinski definition) is 26. The second kappa shape index (κ2) is 69.8. The SMILES string of the molecule is CCNC(=O)[C@H](CCCNC(N)=O)CC(=O)[C@@H](NC(=O)CCCCCN1C(=O)CC(SC)C1=O)C(C)C.CCN[C@H](C(=O)C[C@@H](CCCNC(N)=O)C(=O)CC)C(C)C.CCN[C@H](C(=O)C[C@@H](CCCNC(N)=O)C(=O)Nc1ccc(COC(C)=O)cc1)C(C)C.CSC1CC(=O)N(CCCCCC(=O)N[C@H](C(=O)C[C@@H](CCCNC(N)=O)C(=O)Nc2ccc(COC(C)=O)cc2)C(C)C)C1=O. The number of Topliss-reactive ketones (excluding diaryl/α,β-unsaturated/α-hetero) is 5. The summed E-state index contributed by atoms with van der Waals surface area (Å²) in [5.41, 5.74) is 22.9. The van der Waals surface area contributed by atoms with Crippen LogP contribution in [0, 0.1) is 47.3 Å². The number of esters is 2. The highest BCUT2D eigenvalue weighted by Gasteiger charge is 2.40. The molecule has 2 aliphatic heterocycles. The van der Waals surface area contributed by atoms with E-state index in [4.69, 9.17) is 32.4 Å². The molecule has 0 bridgehead atoms. The van der Waals surface area contributed by atoms with E-state index in [2.05, 4.69) is 58.5 Å². The zero-order chi connectivity index (χ0) is 103. The number of anilines is 2. The van der Waals surface area contributed by atoms with Crippen molar-refractivity contribution in [2.45, 2.75) is 292 Å². The van der Waals surface area contributed by atoms with E-state index in [0.29, 0.717) is 154 Å². The summed E-state index contributed by atoms with van der Waals surface area (Å²) in [5, 5.41) is 29.8. The molecule has 10 atom stereocenters. The lowest BCUT2D eigenvalue weighted by Gasteiger charge is -2.24. The molecule has 0 aromatic heterocycles. The smallest absolute Gasteiger partial charge is 0.312 e. The molecular formula is C96H157N17O22S2. The molecule has 41 heteroatoms. The number of benzene rings is 2. The number of ether oxygens (including phenoxy) is 2. The van der Waals surface area contributed by atoms with E-state index in [-0.39, 0.29) is 211 Å². The topological polar surface area (TPSA) is 603 Å². The normalized spacial score (nSPS) is 15.0. The molecule has 4 rings (SSSR count). The summed E-state index contributed by atoms with van der Waals surface area (Å²) in [6, 6.07) is 9.18. The fourth-order valence-corrected chi connectivity index (χ4v) is 16.4. The van der Waals surface area contributed by atoms with Gasteiger partial charge in [-0.3, -0.25) is 86.5 Å². The van der Waals surface area contributed by atoms with E-state index in [9.17, 15) is 95.9 Å². The predicted octanol–water partition coefficient (Wildman–Crippen LogP) is 8.21. The summed E-state index contributed by atoms with van der Waals surface area (Å²) in [6.07, 6.45) is 12.6. The van der Waals surface area contributed by atoms with Gasteiger partial charge in [0.2, 0.25) is 53.2 Å². The number of rotatable bonds is 64. The largest absolute Gasteiger partial charge is 0.461 e. The molecule has 17 amide bonds. The first-order valence-corrected chi connectivity index (χ1v) is 50.3. The number of ketones is 5. The number of nitrogens with two attached hydrogens (primary N) is 4. The summed E-state index contributed by atoms with van der Waals surface area (Å²) in [4.78, 5) is 244. The Hall–Kier alpha value is -10.9. The van der Waals surface area contributed by atoms with Gasteiger partial charge in [-0.25, -0.2) is 19.2 Å². The Morgan fingerprint density at radius 3 is 0.949 bits per heavy atom. The van der Waals surface area contributed by atoms with E-state index in [0.717, 1.165) is 17.7 Å². The van der Waals surface area contributed by atoms with Crippen molar-refractivity contribution in [3.63, 3.8) is 0 Å². The quantitative estimate of drug-likeness (QED) is 0.0168. The van der Waals surface area contributed by atoms with Gasteiger partial charge in [0, 0.05) is 152 Å². The maximum atomic E-state index is 13.4. The highest BCUT2D eigenvalue weighted by molar-refractivity contribution is 8.00. The van der Waals surface area contributed by atoms with E-state index < -0.39 is 59.9 Å². The molecule has 0 saturated carbocycles. The molecule has 2 heterocycles. The molecule has 2 aromatic carbocycles. The van der Waals surface area contributed by atoms with Gasteiger partial charge in [-0.1, -0.05) is 113 Å². The minimum atomic E-state index is -0.796. The first-order chi connectivity index (χ1) is 64.8. The van der Waals surface area contributed by atoms with Crippen LogP contribution in [0.5, 0.6) is 0 Å². The molecule has 2 aromatic rings. The fraction of sp³-hybridized carbons (Fsp3) is 0.667. The van der Waals surface area contributed by atoms with E-state index >= 15 is 0 Å². The molecular weight excluding hydrogens is 1810 g/mol. The average Bonchev–Trinajstić information content (AvgIpc) is 1.70. The number of likely N-dealkylation sites (tertiary alicyclic amines) is 2. The van der Waals surface area contributed by atoms with Gasteiger partial charge in [0.15, 0.2) is 23.1 Å². The maximum Gasteiger partial charge on any atom is 0.312 e. The number of urea groups is 4. The van der Waals surface area contributed by atoms with Crippen molar-refractivity contribution in [1.82, 2.24) is 57.7 Å². The number of thioether (sulfide) groups is 2. The molecule has 39 nitrogen and oxygen atoms in total. The molecule has 19 N–H and O–H groups in total. The Morgan fingerprint density at radius 1 is 0.380 bits per heavy atom. The van der Waals surface area contributed by atoms with Crippen LogP contribution in [0.2, 0.25) is 0 Å². The molecule has 2 aliphatic rings. The number of amides is 17. The van der Waals surface area contributed by atoms with Crippen molar-refractivity contribution in [3.8, 4) is 0 Å². The standard InChI is InChI=1S/C32H47N5O8S.C25H43N5O6S.C23H36N4O5.C16H31N3O3/c1-20(2)29(36-27(40)10-6-5-7-16-37-28(41)18-26(46-4)31(37)43)25(39)17-23(9-8-15-34-32(33)44)30(42)35-24-13-11-22(12-14-24)19-45-21(3)38;1-5-27-23(34)17(10-9-12-28-25(26)36)14-18(31)22(16(2)3)29-20(32)11-7-6-8-13-30-21(33)15-19(37-4)24(30)35;1-5-25-21(15(2)3)20(29)13-18(7-6-12-26-23(24)31)22(30)27-19-10-8-17(9-11-19)14-32-16(4)28;1-5-13(20)12(8-7-9-19-16(17)22)10-14(21)15(11(3)4)18-6-2/h11-14,20,23,26,29H,5-10,15-19H2,1-4H3,(H,35,42)(H,36,40)(H3,33,34,44);16-17,19,22H,5-15H2,1-4H3,(H,27,34)(H,29,32)(H3,26,28,36);8-11,15,18,21,25H,5-7,12-14H2,1-4H3,(H,27,30)(H3,24,26,31);11-12,15,18H,5-10H2,1-4H3,(H3,17,19,22)/t23-,26?,29+;17-,19?,22+;18-,21+;12-,15+/m1111/s1. The zero-order valence-electron chi connectivity index (χ0n) is 83.2. The summed E-state index contributed by atoms with van der Waals surface area (Å²) in [6.45, 7) is 29.5. The molecule has 0 radical (unpaired) electrons. The lowest BCUT2D eigenvalue weighted by molar-refractivity contribution is -0.143. The summed E-state index contributed by atoms with van der Waals surface area (Å²) in [5.74, 6) is -5.27. The molecule has 137 heavy (non-hydrogen) atoms. The Kier molecular flexibility index (Phi) is 63.2. The van der Waals surface area contributed by atoms with Gasteiger partial charge in [-0.2, -0.15) is 23.5 Å². The Bertz CT molecular complexity index is 4200. The van der Waals surface area contributed by atoms with Gasteiger partial charge >= 0.3 is 36.1 Å². The van der Waals surface area contributed by atoms with Gasteiger partial charge in [0.25, 0.3) is 0 Å². The van der Waals surface area contributed by atoms with Crippen LogP contribution in [0.4, 0.5) is 30.6 Å². The zero-order valence-corrected chi connectivity index (χ0v) is 84.9. The van der Waals surface area contributed by atoms with E-state index in [1.165, 1.54) is 47.2 Å². The number of carbonyl (C=O) groups is 20. The lowest BCUT2D eigenvalue weighted by atomic mass is 9.87. The van der Waals surface area contributed by atoms with E-state index in [1.54, 1.807) is 55.5 Å². The number of carbonyl (C=O) groups excluding carboxylic acids is 20.